The van der Waals surface area contributed by atoms with Crippen LogP contribution in [0.15, 0.2) is 6.33 Å². The molecule has 1 atom stereocenters. The van der Waals surface area contributed by atoms with Gasteiger partial charge in [0.25, 0.3) is 0 Å². The molecule has 0 aliphatic carbocycles. The van der Waals surface area contributed by atoms with Gasteiger partial charge in [0.1, 0.15) is 18.0 Å². The van der Waals surface area contributed by atoms with Gasteiger partial charge in [0, 0.05) is 18.7 Å². The summed E-state index contributed by atoms with van der Waals surface area (Å²) < 4.78 is 5.46. The summed E-state index contributed by atoms with van der Waals surface area (Å²) in [7, 11) is 0. The van der Waals surface area contributed by atoms with Gasteiger partial charge in [-0.2, -0.15) is 0 Å². The van der Waals surface area contributed by atoms with E-state index in [0.717, 1.165) is 36.7 Å². The van der Waals surface area contributed by atoms with Crippen LogP contribution in [0.5, 0.6) is 0 Å². The smallest absolute Gasteiger partial charge is 0.138 e. The fourth-order valence-corrected chi connectivity index (χ4v) is 2.62. The second-order valence-electron chi connectivity index (χ2n) is 5.65. The lowest BCUT2D eigenvalue weighted by atomic mass is 10.0. The SMILES string of the molecule is CCCNc1ncnc(N2CCOCC2CO)c1C(C)C. The standard InChI is InChI=1S/C15H26N4O2/c1-4-5-16-14-13(11(2)3)15(18-10-17-14)19-6-7-21-9-12(19)8-20/h10-12,20H,4-9H2,1-3H3,(H,16,17,18). The Morgan fingerprint density at radius 2 is 2.29 bits per heavy atom. The quantitative estimate of drug-likeness (QED) is 0.831. The lowest BCUT2D eigenvalue weighted by Crippen LogP contribution is -2.48. The van der Waals surface area contributed by atoms with Crippen molar-refractivity contribution in [2.45, 2.75) is 39.2 Å². The van der Waals surface area contributed by atoms with Crippen LogP contribution < -0.4 is 10.2 Å². The number of aliphatic hydroxyl groups excluding tert-OH is 1. The number of anilines is 2. The zero-order valence-electron chi connectivity index (χ0n) is 13.2. The van der Waals surface area contributed by atoms with E-state index >= 15 is 0 Å². The Kier molecular flexibility index (Phi) is 5.76. The number of nitrogens with one attached hydrogen (secondary N) is 1. The second kappa shape index (κ2) is 7.56. The molecule has 1 saturated heterocycles. The molecule has 0 amide bonds. The van der Waals surface area contributed by atoms with E-state index in [1.165, 1.54) is 0 Å². The zero-order valence-corrected chi connectivity index (χ0v) is 13.2. The Hall–Kier alpha value is -1.40. The average Bonchev–Trinajstić information content (AvgIpc) is 2.52. The number of hydrogen-bond donors (Lipinski definition) is 2. The first kappa shape index (κ1) is 16.0. The lowest BCUT2D eigenvalue weighted by molar-refractivity contribution is 0.0721. The van der Waals surface area contributed by atoms with Crippen molar-refractivity contribution in [3.8, 4) is 0 Å². The van der Waals surface area contributed by atoms with Crippen molar-refractivity contribution in [3.63, 3.8) is 0 Å². The molecule has 1 aromatic rings. The Morgan fingerprint density at radius 1 is 1.48 bits per heavy atom. The molecule has 0 spiro atoms. The molecule has 21 heavy (non-hydrogen) atoms. The molecule has 2 rings (SSSR count). The topological polar surface area (TPSA) is 70.5 Å². The highest BCUT2D eigenvalue weighted by atomic mass is 16.5. The predicted molar refractivity (Wildman–Crippen MR) is 83.9 cm³/mol. The van der Waals surface area contributed by atoms with E-state index in [-0.39, 0.29) is 12.6 Å². The molecule has 0 bridgehead atoms. The molecule has 0 saturated carbocycles. The van der Waals surface area contributed by atoms with Crippen molar-refractivity contribution >= 4 is 11.6 Å². The van der Waals surface area contributed by atoms with E-state index in [1.54, 1.807) is 6.33 Å². The number of hydrogen-bond acceptors (Lipinski definition) is 6. The fourth-order valence-electron chi connectivity index (χ4n) is 2.62. The average molecular weight is 294 g/mol. The number of nitrogens with zero attached hydrogens (tertiary/aromatic N) is 3. The highest BCUT2D eigenvalue weighted by molar-refractivity contribution is 5.61. The number of ether oxygens (including phenoxy) is 1. The molecule has 1 unspecified atom stereocenters. The molecule has 1 aliphatic rings. The van der Waals surface area contributed by atoms with Crippen LogP contribution in [-0.2, 0) is 4.74 Å². The number of aliphatic hydroxyl groups is 1. The van der Waals surface area contributed by atoms with Crippen LogP contribution >= 0.6 is 0 Å². The Balaban J connectivity index is 2.36. The van der Waals surface area contributed by atoms with Crippen molar-refractivity contribution < 1.29 is 9.84 Å². The fraction of sp³-hybridized carbons (Fsp3) is 0.733. The Morgan fingerprint density at radius 3 is 2.95 bits per heavy atom. The van der Waals surface area contributed by atoms with Crippen LogP contribution in [0.25, 0.3) is 0 Å². The largest absolute Gasteiger partial charge is 0.394 e. The lowest BCUT2D eigenvalue weighted by Gasteiger charge is -2.37. The van der Waals surface area contributed by atoms with Crippen LogP contribution in [0.3, 0.4) is 0 Å². The minimum atomic E-state index is -0.0369. The first-order chi connectivity index (χ1) is 10.2. The van der Waals surface area contributed by atoms with E-state index in [2.05, 4.69) is 41.0 Å². The molecule has 6 heteroatoms. The minimum Gasteiger partial charge on any atom is -0.394 e. The van der Waals surface area contributed by atoms with Gasteiger partial charge >= 0.3 is 0 Å². The maximum atomic E-state index is 9.58. The second-order valence-corrected chi connectivity index (χ2v) is 5.65. The van der Waals surface area contributed by atoms with Crippen LogP contribution in [0, 0.1) is 0 Å². The van der Waals surface area contributed by atoms with E-state index in [9.17, 15) is 5.11 Å². The van der Waals surface area contributed by atoms with Crippen molar-refractivity contribution in [3.05, 3.63) is 11.9 Å². The van der Waals surface area contributed by atoms with Gasteiger partial charge in [-0.1, -0.05) is 20.8 Å². The highest BCUT2D eigenvalue weighted by Gasteiger charge is 2.27. The van der Waals surface area contributed by atoms with Gasteiger partial charge < -0.3 is 20.1 Å². The maximum Gasteiger partial charge on any atom is 0.138 e. The molecule has 118 valence electrons. The summed E-state index contributed by atoms with van der Waals surface area (Å²) in [5.74, 6) is 2.13. The van der Waals surface area contributed by atoms with Gasteiger partial charge in [-0.25, -0.2) is 9.97 Å². The third-order valence-electron chi connectivity index (χ3n) is 3.69. The van der Waals surface area contributed by atoms with Crippen molar-refractivity contribution in [1.29, 1.82) is 0 Å². The molecule has 1 fully saturated rings. The molecule has 1 aliphatic heterocycles. The molecular weight excluding hydrogens is 268 g/mol. The molecular formula is C15H26N4O2. The van der Waals surface area contributed by atoms with Crippen LogP contribution in [0.1, 0.15) is 38.7 Å². The third kappa shape index (κ3) is 3.63. The van der Waals surface area contributed by atoms with Crippen LogP contribution in [0.4, 0.5) is 11.6 Å². The van der Waals surface area contributed by atoms with E-state index in [1.807, 2.05) is 0 Å². The summed E-state index contributed by atoms with van der Waals surface area (Å²) >= 11 is 0. The van der Waals surface area contributed by atoms with Gasteiger partial charge in [0.2, 0.25) is 0 Å². The van der Waals surface area contributed by atoms with Gasteiger partial charge in [0.05, 0.1) is 25.9 Å². The zero-order chi connectivity index (χ0) is 15.2. The normalized spacial score (nSPS) is 19.1. The van der Waals surface area contributed by atoms with Crippen LogP contribution in [-0.4, -0.2) is 54.0 Å². The summed E-state index contributed by atoms with van der Waals surface area (Å²) in [5.41, 5.74) is 1.12. The maximum absolute atomic E-state index is 9.58. The summed E-state index contributed by atoms with van der Waals surface area (Å²) in [6.07, 6.45) is 2.65. The van der Waals surface area contributed by atoms with E-state index in [4.69, 9.17) is 4.74 Å². The monoisotopic (exact) mass is 294 g/mol. The minimum absolute atomic E-state index is 0.0369. The first-order valence-corrected chi connectivity index (χ1v) is 7.73. The first-order valence-electron chi connectivity index (χ1n) is 7.73. The number of rotatable bonds is 6. The number of morpholine rings is 1. The van der Waals surface area contributed by atoms with Gasteiger partial charge in [-0.05, 0) is 12.3 Å². The third-order valence-corrected chi connectivity index (χ3v) is 3.69. The molecule has 2 heterocycles. The van der Waals surface area contributed by atoms with Gasteiger partial charge in [0.15, 0.2) is 0 Å². The Labute approximate surface area is 126 Å². The van der Waals surface area contributed by atoms with Gasteiger partial charge in [-0.15, -0.1) is 0 Å². The molecule has 2 N–H and O–H groups in total. The summed E-state index contributed by atoms with van der Waals surface area (Å²) in [4.78, 5) is 11.1. The molecule has 0 aromatic carbocycles. The summed E-state index contributed by atoms with van der Waals surface area (Å²) in [5, 5.41) is 13.0. The van der Waals surface area contributed by atoms with Gasteiger partial charge in [-0.3, -0.25) is 0 Å². The van der Waals surface area contributed by atoms with Crippen molar-refractivity contribution in [1.82, 2.24) is 9.97 Å². The van der Waals surface area contributed by atoms with E-state index < -0.39 is 0 Å². The number of aromatic nitrogens is 2. The summed E-state index contributed by atoms with van der Waals surface area (Å²) in [6.45, 7) is 9.33. The highest BCUT2D eigenvalue weighted by Crippen LogP contribution is 2.32. The predicted octanol–water partition coefficient (Wildman–Crippen LogP) is 1.62. The summed E-state index contributed by atoms with van der Waals surface area (Å²) in [6, 6.07) is -0.0369. The molecule has 1 aromatic heterocycles. The Bertz CT molecular complexity index is 453. The van der Waals surface area contributed by atoms with E-state index in [0.29, 0.717) is 19.1 Å². The van der Waals surface area contributed by atoms with Crippen molar-refractivity contribution in [2.24, 2.45) is 0 Å². The van der Waals surface area contributed by atoms with Crippen molar-refractivity contribution in [2.75, 3.05) is 43.1 Å². The van der Waals surface area contributed by atoms with Crippen LogP contribution in [0.2, 0.25) is 0 Å². The molecule has 6 nitrogen and oxygen atoms in total. The molecule has 0 radical (unpaired) electrons.